The highest BCUT2D eigenvalue weighted by atomic mass is 19.1. The van der Waals surface area contributed by atoms with Crippen LogP contribution < -0.4 is 5.73 Å². The average molecular weight is 253 g/mol. The Morgan fingerprint density at radius 1 is 1.56 bits per heavy atom. The number of oxime groups is 1. The molecule has 1 unspecified atom stereocenters. The lowest BCUT2D eigenvalue weighted by Gasteiger charge is -2.23. The zero-order chi connectivity index (χ0) is 13.9. The van der Waals surface area contributed by atoms with Crippen LogP contribution in [0.4, 0.5) is 4.39 Å². The molecule has 0 spiro atoms. The molecule has 0 aliphatic carbocycles. The summed E-state index contributed by atoms with van der Waals surface area (Å²) in [5.74, 6) is -0.919. The Bertz CT molecular complexity index is 488. The van der Waals surface area contributed by atoms with Gasteiger partial charge in [0.05, 0.1) is 6.04 Å². The molecule has 0 aromatic heterocycles. The third-order valence-corrected chi connectivity index (χ3v) is 2.86. The fraction of sp³-hybridized carbons (Fsp3) is 0.333. The van der Waals surface area contributed by atoms with Crippen molar-refractivity contribution in [1.82, 2.24) is 4.90 Å². The van der Waals surface area contributed by atoms with Crippen LogP contribution in [0.15, 0.2) is 23.4 Å². The molecule has 0 saturated heterocycles. The van der Waals surface area contributed by atoms with Gasteiger partial charge in [0.2, 0.25) is 0 Å². The molecule has 0 heterocycles. The van der Waals surface area contributed by atoms with Crippen molar-refractivity contribution in [3.8, 4) is 0 Å². The molecule has 6 heteroatoms. The molecule has 0 saturated carbocycles. The normalized spacial score (nSPS) is 13.2. The van der Waals surface area contributed by atoms with E-state index in [1.165, 1.54) is 30.1 Å². The molecule has 0 aliphatic heterocycles. The summed E-state index contributed by atoms with van der Waals surface area (Å²) in [4.78, 5) is 13.3. The number of carbonyl (C=O) groups is 1. The highest BCUT2D eigenvalue weighted by molar-refractivity contribution is 5.98. The molecule has 3 N–H and O–H groups in total. The first-order chi connectivity index (χ1) is 8.38. The van der Waals surface area contributed by atoms with Gasteiger partial charge in [0.1, 0.15) is 5.82 Å². The van der Waals surface area contributed by atoms with Crippen molar-refractivity contribution < 1.29 is 14.4 Å². The molecule has 1 atom stereocenters. The first kappa shape index (κ1) is 14.0. The molecule has 0 fully saturated rings. The van der Waals surface area contributed by atoms with E-state index in [1.54, 1.807) is 13.8 Å². The first-order valence-electron chi connectivity index (χ1n) is 5.39. The van der Waals surface area contributed by atoms with Crippen LogP contribution in [0.2, 0.25) is 0 Å². The summed E-state index contributed by atoms with van der Waals surface area (Å²) in [7, 11) is 1.50. The summed E-state index contributed by atoms with van der Waals surface area (Å²) in [5.41, 5.74) is 6.11. The van der Waals surface area contributed by atoms with Gasteiger partial charge in [-0.3, -0.25) is 4.79 Å². The van der Waals surface area contributed by atoms with E-state index in [9.17, 15) is 9.18 Å². The number of benzene rings is 1. The second kappa shape index (κ2) is 5.48. The summed E-state index contributed by atoms with van der Waals surface area (Å²) >= 11 is 0. The SMILES string of the molecule is Cc1ccc(C(=O)N(C)C(C)C(N)=NO)cc1F. The standard InChI is InChI=1S/C12H16FN3O2/c1-7-4-5-9(6-10(7)13)12(17)16(3)8(2)11(14)15-18/h4-6,8,18H,1-3H3,(H2,14,15). The van der Waals surface area contributed by atoms with E-state index >= 15 is 0 Å². The Labute approximate surface area is 105 Å². The molecule has 0 bridgehead atoms. The maximum atomic E-state index is 13.4. The fourth-order valence-corrected chi connectivity index (χ4v) is 1.39. The van der Waals surface area contributed by atoms with Crippen LogP contribution >= 0.6 is 0 Å². The highest BCUT2D eigenvalue weighted by Gasteiger charge is 2.21. The Morgan fingerprint density at radius 3 is 2.67 bits per heavy atom. The number of likely N-dealkylation sites (N-methyl/N-ethyl adjacent to an activating group) is 1. The predicted molar refractivity (Wildman–Crippen MR) is 66.1 cm³/mol. The molecular weight excluding hydrogens is 237 g/mol. The van der Waals surface area contributed by atoms with Crippen molar-refractivity contribution in [3.05, 3.63) is 35.1 Å². The van der Waals surface area contributed by atoms with Crippen LogP contribution in [0.25, 0.3) is 0 Å². The highest BCUT2D eigenvalue weighted by Crippen LogP contribution is 2.12. The lowest BCUT2D eigenvalue weighted by atomic mass is 10.1. The van der Waals surface area contributed by atoms with Crippen molar-refractivity contribution in [2.45, 2.75) is 19.9 Å². The number of amides is 1. The minimum Gasteiger partial charge on any atom is -0.409 e. The molecule has 1 aromatic carbocycles. The number of hydrogen-bond donors (Lipinski definition) is 2. The number of halogens is 1. The fourth-order valence-electron chi connectivity index (χ4n) is 1.39. The van der Waals surface area contributed by atoms with Gasteiger partial charge >= 0.3 is 0 Å². The second-order valence-corrected chi connectivity index (χ2v) is 4.08. The van der Waals surface area contributed by atoms with E-state index in [2.05, 4.69) is 5.16 Å². The van der Waals surface area contributed by atoms with Crippen molar-refractivity contribution >= 4 is 11.7 Å². The summed E-state index contributed by atoms with van der Waals surface area (Å²) in [6.07, 6.45) is 0. The van der Waals surface area contributed by atoms with Crippen LogP contribution in [0.3, 0.4) is 0 Å². The zero-order valence-electron chi connectivity index (χ0n) is 10.5. The molecule has 5 nitrogen and oxygen atoms in total. The summed E-state index contributed by atoms with van der Waals surface area (Å²) in [6, 6.07) is 3.67. The number of carbonyl (C=O) groups excluding carboxylic acids is 1. The molecule has 1 aromatic rings. The Kier molecular flexibility index (Phi) is 4.25. The van der Waals surface area contributed by atoms with Crippen molar-refractivity contribution in [2.75, 3.05) is 7.05 Å². The van der Waals surface area contributed by atoms with Crippen molar-refractivity contribution in [1.29, 1.82) is 0 Å². The van der Waals surface area contributed by atoms with Crippen molar-refractivity contribution in [2.24, 2.45) is 10.9 Å². The summed E-state index contributed by atoms with van der Waals surface area (Å²) in [5, 5.41) is 11.4. The topological polar surface area (TPSA) is 78.9 Å². The first-order valence-corrected chi connectivity index (χ1v) is 5.39. The second-order valence-electron chi connectivity index (χ2n) is 4.08. The van der Waals surface area contributed by atoms with E-state index in [-0.39, 0.29) is 11.4 Å². The summed E-state index contributed by atoms with van der Waals surface area (Å²) < 4.78 is 13.4. The maximum absolute atomic E-state index is 13.4. The number of amidine groups is 1. The van der Waals surface area contributed by atoms with Crippen LogP contribution in [0.5, 0.6) is 0 Å². The van der Waals surface area contributed by atoms with Gasteiger partial charge in [-0.2, -0.15) is 0 Å². The smallest absolute Gasteiger partial charge is 0.254 e. The van der Waals surface area contributed by atoms with E-state index in [1.807, 2.05) is 0 Å². The number of hydrogen-bond acceptors (Lipinski definition) is 3. The Hall–Kier alpha value is -2.11. The zero-order valence-corrected chi connectivity index (χ0v) is 10.5. The Morgan fingerprint density at radius 2 is 2.17 bits per heavy atom. The minimum absolute atomic E-state index is 0.0848. The molecule has 1 amide bonds. The Balaban J connectivity index is 2.96. The van der Waals surface area contributed by atoms with Gasteiger partial charge in [-0.1, -0.05) is 11.2 Å². The molecule has 0 radical (unpaired) electrons. The van der Waals surface area contributed by atoms with Gasteiger partial charge in [-0.15, -0.1) is 0 Å². The van der Waals surface area contributed by atoms with Gasteiger partial charge in [0, 0.05) is 12.6 Å². The monoisotopic (exact) mass is 253 g/mol. The third kappa shape index (κ3) is 2.77. The average Bonchev–Trinajstić information content (AvgIpc) is 2.38. The lowest BCUT2D eigenvalue weighted by Crippen LogP contribution is -2.43. The number of nitrogens with zero attached hydrogens (tertiary/aromatic N) is 2. The van der Waals surface area contributed by atoms with Crippen LogP contribution in [0, 0.1) is 12.7 Å². The number of nitrogens with two attached hydrogens (primary N) is 1. The van der Waals surface area contributed by atoms with Gasteiger partial charge in [0.15, 0.2) is 5.84 Å². The van der Waals surface area contributed by atoms with Crippen LogP contribution in [-0.2, 0) is 0 Å². The van der Waals surface area contributed by atoms with Gasteiger partial charge in [-0.25, -0.2) is 4.39 Å². The number of aryl methyl sites for hydroxylation is 1. The van der Waals surface area contributed by atoms with Gasteiger partial charge in [0.25, 0.3) is 5.91 Å². The van der Waals surface area contributed by atoms with Crippen LogP contribution in [-0.4, -0.2) is 34.9 Å². The quantitative estimate of drug-likeness (QED) is 0.369. The summed E-state index contributed by atoms with van der Waals surface area (Å²) in [6.45, 7) is 3.23. The maximum Gasteiger partial charge on any atom is 0.254 e. The third-order valence-electron chi connectivity index (χ3n) is 2.86. The molecule has 98 valence electrons. The molecular formula is C12H16FN3O2. The van der Waals surface area contributed by atoms with Crippen LogP contribution in [0.1, 0.15) is 22.8 Å². The molecule has 0 aliphatic rings. The van der Waals surface area contributed by atoms with Gasteiger partial charge < -0.3 is 15.8 Å². The van der Waals surface area contributed by atoms with E-state index < -0.39 is 17.8 Å². The van der Waals surface area contributed by atoms with Gasteiger partial charge in [-0.05, 0) is 31.5 Å². The predicted octanol–water partition coefficient (Wildman–Crippen LogP) is 1.34. The van der Waals surface area contributed by atoms with E-state index in [0.29, 0.717) is 5.56 Å². The minimum atomic E-state index is -0.577. The largest absolute Gasteiger partial charge is 0.409 e. The molecule has 18 heavy (non-hydrogen) atoms. The van der Waals surface area contributed by atoms with E-state index in [4.69, 9.17) is 10.9 Å². The molecule has 1 rings (SSSR count). The lowest BCUT2D eigenvalue weighted by molar-refractivity contribution is 0.0776. The number of rotatable bonds is 3. The van der Waals surface area contributed by atoms with E-state index in [0.717, 1.165) is 0 Å². The van der Waals surface area contributed by atoms with Crippen molar-refractivity contribution in [3.63, 3.8) is 0 Å².